The van der Waals surface area contributed by atoms with Crippen LogP contribution in [-0.2, 0) is 14.3 Å². The summed E-state index contributed by atoms with van der Waals surface area (Å²) >= 11 is 0. The Morgan fingerprint density at radius 1 is 1.09 bits per heavy atom. The van der Waals surface area contributed by atoms with Crippen molar-refractivity contribution in [2.75, 3.05) is 61.1 Å². The molecule has 2 aliphatic rings. The third-order valence-corrected chi connectivity index (χ3v) is 5.93. The summed E-state index contributed by atoms with van der Waals surface area (Å²) < 4.78 is 19.5. The second-order valence-corrected chi connectivity index (χ2v) is 8.10. The molecule has 2 saturated heterocycles. The van der Waals surface area contributed by atoms with Gasteiger partial charge in [-0.05, 0) is 38.1 Å². The Morgan fingerprint density at radius 2 is 1.84 bits per heavy atom. The van der Waals surface area contributed by atoms with E-state index in [4.69, 9.17) is 4.74 Å². The predicted molar refractivity (Wildman–Crippen MR) is 120 cm³/mol. The molecule has 0 spiro atoms. The minimum atomic E-state index is -0.694. The van der Waals surface area contributed by atoms with Crippen LogP contribution in [0.15, 0.2) is 36.4 Å². The van der Waals surface area contributed by atoms with Crippen LogP contribution in [0.5, 0.6) is 0 Å². The molecule has 1 aromatic carbocycles. The van der Waals surface area contributed by atoms with Crippen molar-refractivity contribution in [3.8, 4) is 0 Å². The van der Waals surface area contributed by atoms with Gasteiger partial charge < -0.3 is 24.8 Å². The van der Waals surface area contributed by atoms with Gasteiger partial charge in [0.15, 0.2) is 0 Å². The Bertz CT molecular complexity index is 995. The standard InChI is InChI=1S/C23H28FN5O3/c1-16-15-28(9-10-29(16)20-6-4-3-5-18(20)24)23(31)22(30)26-19-7-8-21(25-17(19)2)27-11-13-32-14-12-27/h3-8,16H,9-15H2,1-2H3,(H,26,30). The van der Waals surface area contributed by atoms with E-state index < -0.39 is 11.8 Å². The number of piperazine rings is 1. The molecule has 2 aromatic rings. The highest BCUT2D eigenvalue weighted by Gasteiger charge is 2.31. The van der Waals surface area contributed by atoms with Crippen molar-refractivity contribution < 1.29 is 18.7 Å². The number of nitrogens with zero attached hydrogens (tertiary/aromatic N) is 4. The first-order valence-electron chi connectivity index (χ1n) is 10.9. The Labute approximate surface area is 187 Å². The van der Waals surface area contributed by atoms with Gasteiger partial charge in [-0.15, -0.1) is 0 Å². The third kappa shape index (κ3) is 4.67. The summed E-state index contributed by atoms with van der Waals surface area (Å²) in [7, 11) is 0. The minimum Gasteiger partial charge on any atom is -0.378 e. The Hall–Kier alpha value is -3.20. The highest BCUT2D eigenvalue weighted by molar-refractivity contribution is 6.39. The van der Waals surface area contributed by atoms with Gasteiger partial charge in [0.2, 0.25) is 0 Å². The van der Waals surface area contributed by atoms with E-state index in [0.29, 0.717) is 49.9 Å². The number of hydrogen-bond donors (Lipinski definition) is 1. The smallest absolute Gasteiger partial charge is 0.313 e. The van der Waals surface area contributed by atoms with Crippen LogP contribution in [0.3, 0.4) is 0 Å². The number of nitrogens with one attached hydrogen (secondary N) is 1. The fraction of sp³-hybridized carbons (Fsp3) is 0.435. The van der Waals surface area contributed by atoms with E-state index in [9.17, 15) is 14.0 Å². The fourth-order valence-corrected chi connectivity index (χ4v) is 4.15. The first-order valence-corrected chi connectivity index (χ1v) is 10.9. The van der Waals surface area contributed by atoms with Crippen molar-refractivity contribution in [3.63, 3.8) is 0 Å². The lowest BCUT2D eigenvalue weighted by Crippen LogP contribution is -2.56. The van der Waals surface area contributed by atoms with Gasteiger partial charge in [-0.1, -0.05) is 12.1 Å². The molecule has 2 amide bonds. The molecule has 1 atom stereocenters. The number of para-hydroxylation sites is 1. The number of benzene rings is 1. The summed E-state index contributed by atoms with van der Waals surface area (Å²) in [5, 5.41) is 2.69. The topological polar surface area (TPSA) is 78.0 Å². The molecule has 0 saturated carbocycles. The molecule has 8 nitrogen and oxygen atoms in total. The van der Waals surface area contributed by atoms with Gasteiger partial charge in [0.05, 0.1) is 30.3 Å². The van der Waals surface area contributed by atoms with Crippen LogP contribution in [0.2, 0.25) is 0 Å². The van der Waals surface area contributed by atoms with Crippen molar-refractivity contribution in [1.29, 1.82) is 0 Å². The molecule has 2 fully saturated rings. The molecular weight excluding hydrogens is 413 g/mol. The van der Waals surface area contributed by atoms with Gasteiger partial charge in [0, 0.05) is 38.8 Å². The molecule has 2 aliphatic heterocycles. The number of aromatic nitrogens is 1. The van der Waals surface area contributed by atoms with Gasteiger partial charge in [0.25, 0.3) is 0 Å². The van der Waals surface area contributed by atoms with E-state index in [2.05, 4.69) is 15.2 Å². The van der Waals surface area contributed by atoms with Crippen LogP contribution in [0.1, 0.15) is 12.6 Å². The molecule has 0 bridgehead atoms. The van der Waals surface area contributed by atoms with E-state index in [1.807, 2.05) is 17.9 Å². The zero-order chi connectivity index (χ0) is 22.7. The second-order valence-electron chi connectivity index (χ2n) is 8.10. The van der Waals surface area contributed by atoms with Crippen LogP contribution in [0.4, 0.5) is 21.6 Å². The van der Waals surface area contributed by atoms with Crippen molar-refractivity contribution in [1.82, 2.24) is 9.88 Å². The lowest BCUT2D eigenvalue weighted by molar-refractivity contribution is -0.143. The number of carbonyl (C=O) groups is 2. The lowest BCUT2D eigenvalue weighted by atomic mass is 10.1. The molecule has 170 valence electrons. The van der Waals surface area contributed by atoms with Crippen molar-refractivity contribution in [2.24, 2.45) is 0 Å². The number of rotatable bonds is 3. The maximum Gasteiger partial charge on any atom is 0.313 e. The average molecular weight is 442 g/mol. The third-order valence-electron chi connectivity index (χ3n) is 5.93. The molecule has 4 rings (SSSR count). The molecule has 3 heterocycles. The summed E-state index contributed by atoms with van der Waals surface area (Å²) in [5.41, 5.74) is 1.67. The summed E-state index contributed by atoms with van der Waals surface area (Å²) in [4.78, 5) is 35.5. The summed E-state index contributed by atoms with van der Waals surface area (Å²) in [6.07, 6.45) is 0. The Morgan fingerprint density at radius 3 is 2.53 bits per heavy atom. The molecule has 9 heteroatoms. The number of hydrogen-bond acceptors (Lipinski definition) is 6. The van der Waals surface area contributed by atoms with E-state index >= 15 is 0 Å². The molecule has 32 heavy (non-hydrogen) atoms. The summed E-state index contributed by atoms with van der Waals surface area (Å²) in [5.74, 6) is -0.754. The number of halogens is 1. The highest BCUT2D eigenvalue weighted by atomic mass is 19.1. The van der Waals surface area contributed by atoms with Gasteiger partial charge in [-0.2, -0.15) is 0 Å². The SMILES string of the molecule is Cc1nc(N2CCOCC2)ccc1NC(=O)C(=O)N1CCN(c2ccccc2F)C(C)C1. The molecule has 0 radical (unpaired) electrons. The van der Waals surface area contributed by atoms with Gasteiger partial charge in [-0.25, -0.2) is 9.37 Å². The van der Waals surface area contributed by atoms with E-state index in [0.717, 1.165) is 18.9 Å². The average Bonchev–Trinajstić information content (AvgIpc) is 2.81. The predicted octanol–water partition coefficient (Wildman–Crippen LogP) is 2.04. The van der Waals surface area contributed by atoms with Gasteiger partial charge in [0.1, 0.15) is 11.6 Å². The Kier molecular flexibility index (Phi) is 6.55. The van der Waals surface area contributed by atoms with Crippen LogP contribution >= 0.6 is 0 Å². The van der Waals surface area contributed by atoms with E-state index in [1.165, 1.54) is 11.0 Å². The van der Waals surface area contributed by atoms with Crippen LogP contribution in [0.25, 0.3) is 0 Å². The highest BCUT2D eigenvalue weighted by Crippen LogP contribution is 2.24. The fourth-order valence-electron chi connectivity index (χ4n) is 4.15. The van der Waals surface area contributed by atoms with Crippen LogP contribution < -0.4 is 15.1 Å². The number of amides is 2. The van der Waals surface area contributed by atoms with E-state index in [1.54, 1.807) is 31.2 Å². The number of morpholine rings is 1. The summed E-state index contributed by atoms with van der Waals surface area (Å²) in [6, 6.07) is 10.1. The van der Waals surface area contributed by atoms with E-state index in [-0.39, 0.29) is 11.9 Å². The first-order chi connectivity index (χ1) is 15.4. The normalized spacial score (nSPS) is 19.1. The maximum atomic E-state index is 14.2. The number of aryl methyl sites for hydroxylation is 1. The molecule has 0 aliphatic carbocycles. The van der Waals surface area contributed by atoms with Crippen LogP contribution in [-0.4, -0.2) is 73.7 Å². The maximum absolute atomic E-state index is 14.2. The summed E-state index contributed by atoms with van der Waals surface area (Å²) in [6.45, 7) is 7.73. The van der Waals surface area contributed by atoms with Crippen molar-refractivity contribution in [2.45, 2.75) is 19.9 Å². The zero-order valence-corrected chi connectivity index (χ0v) is 18.4. The van der Waals surface area contributed by atoms with Crippen molar-refractivity contribution >= 4 is 29.0 Å². The minimum absolute atomic E-state index is 0.117. The van der Waals surface area contributed by atoms with Gasteiger partial charge >= 0.3 is 11.8 Å². The van der Waals surface area contributed by atoms with Gasteiger partial charge in [-0.3, -0.25) is 9.59 Å². The molecule has 1 aromatic heterocycles. The quantitative estimate of drug-likeness (QED) is 0.735. The number of pyridine rings is 1. The number of ether oxygens (including phenoxy) is 1. The van der Waals surface area contributed by atoms with Crippen LogP contribution in [0, 0.1) is 12.7 Å². The monoisotopic (exact) mass is 441 g/mol. The molecular formula is C23H28FN5O3. The lowest BCUT2D eigenvalue weighted by Gasteiger charge is -2.41. The largest absolute Gasteiger partial charge is 0.378 e. The number of anilines is 3. The van der Waals surface area contributed by atoms with Crippen molar-refractivity contribution in [3.05, 3.63) is 47.9 Å². The molecule has 1 N–H and O–H groups in total. The first kappa shape index (κ1) is 22.0. The zero-order valence-electron chi connectivity index (χ0n) is 18.4. The molecule has 1 unspecified atom stereocenters. The second kappa shape index (κ2) is 9.52. The Balaban J connectivity index is 1.37. The number of carbonyl (C=O) groups excluding carboxylic acids is 2.